The number of methoxy groups -OCH3 is 1. The summed E-state index contributed by atoms with van der Waals surface area (Å²) >= 11 is 1.48. The van der Waals surface area contributed by atoms with Gasteiger partial charge in [0.15, 0.2) is 0 Å². The second-order valence-corrected chi connectivity index (χ2v) is 10.4. The minimum Gasteiger partial charge on any atom is -0.497 e. The minimum absolute atomic E-state index is 0.133. The number of hydrogen-bond donors (Lipinski definition) is 1. The molecule has 0 radical (unpaired) electrons. The second kappa shape index (κ2) is 10.7. The molecule has 5 aromatic rings. The Labute approximate surface area is 224 Å². The van der Waals surface area contributed by atoms with Crippen molar-refractivity contribution in [3.8, 4) is 17.2 Å². The first-order valence-electron chi connectivity index (χ1n) is 12.2. The average Bonchev–Trinajstić information content (AvgIpc) is 3.50. The number of carbonyl (C=O) groups is 1. The standard InChI is InChI=1S/C30H28FN3O3S/c1-18-14-28(38-20(18)3)30(35)33-19(2)29(21-6-5-7-25(15-21)36-4)37-26-12-13-27-22(16-26)17-32-34(27)24-10-8-23(31)9-11-24/h5-17,19,29H,1-4H3,(H,33,35)/t19-,29-/m0/s1. The lowest BCUT2D eigenvalue weighted by atomic mass is 10.0. The maximum atomic E-state index is 13.4. The van der Waals surface area contributed by atoms with Crippen molar-refractivity contribution in [2.45, 2.75) is 32.9 Å². The molecule has 0 saturated carbocycles. The first-order chi connectivity index (χ1) is 18.3. The molecule has 1 amide bonds. The molecular weight excluding hydrogens is 501 g/mol. The molecule has 3 aromatic carbocycles. The summed E-state index contributed by atoms with van der Waals surface area (Å²) in [6.45, 7) is 5.94. The van der Waals surface area contributed by atoms with E-state index in [2.05, 4.69) is 10.4 Å². The zero-order chi connectivity index (χ0) is 26.8. The fraction of sp³-hybridized carbons (Fsp3) is 0.200. The van der Waals surface area contributed by atoms with Gasteiger partial charge in [-0.25, -0.2) is 9.07 Å². The van der Waals surface area contributed by atoms with Gasteiger partial charge in [0.2, 0.25) is 0 Å². The van der Waals surface area contributed by atoms with Gasteiger partial charge in [-0.2, -0.15) is 5.10 Å². The van der Waals surface area contributed by atoms with Crippen LogP contribution in [-0.2, 0) is 0 Å². The molecule has 1 N–H and O–H groups in total. The molecule has 0 fully saturated rings. The predicted octanol–water partition coefficient (Wildman–Crippen LogP) is 6.79. The Bertz CT molecular complexity index is 1570. The van der Waals surface area contributed by atoms with E-state index in [1.54, 1.807) is 30.1 Å². The van der Waals surface area contributed by atoms with E-state index in [9.17, 15) is 9.18 Å². The highest BCUT2D eigenvalue weighted by Crippen LogP contribution is 2.31. The number of aromatic nitrogens is 2. The molecule has 2 atom stereocenters. The number of fused-ring (bicyclic) bond motifs is 1. The van der Waals surface area contributed by atoms with Crippen molar-refractivity contribution in [1.29, 1.82) is 0 Å². The van der Waals surface area contributed by atoms with Crippen LogP contribution in [0.1, 0.15) is 38.7 Å². The van der Waals surface area contributed by atoms with E-state index >= 15 is 0 Å². The summed E-state index contributed by atoms with van der Waals surface area (Å²) in [6.07, 6.45) is 1.26. The maximum absolute atomic E-state index is 13.4. The number of thiophene rings is 1. The summed E-state index contributed by atoms with van der Waals surface area (Å²) in [5.41, 5.74) is 3.60. The Hall–Kier alpha value is -4.17. The summed E-state index contributed by atoms with van der Waals surface area (Å²) in [5, 5.41) is 8.47. The number of benzene rings is 3. The van der Waals surface area contributed by atoms with E-state index in [0.717, 1.165) is 32.6 Å². The van der Waals surface area contributed by atoms with Gasteiger partial charge in [0.25, 0.3) is 5.91 Å². The zero-order valence-electron chi connectivity index (χ0n) is 21.6. The van der Waals surface area contributed by atoms with Gasteiger partial charge in [0.05, 0.1) is 35.4 Å². The lowest BCUT2D eigenvalue weighted by Crippen LogP contribution is -2.39. The number of ether oxygens (including phenoxy) is 2. The van der Waals surface area contributed by atoms with Crippen molar-refractivity contribution < 1.29 is 18.7 Å². The quantitative estimate of drug-likeness (QED) is 0.240. The van der Waals surface area contributed by atoms with Crippen molar-refractivity contribution in [3.05, 3.63) is 106 Å². The number of amides is 1. The minimum atomic E-state index is -0.485. The first-order valence-corrected chi connectivity index (χ1v) is 13.1. The predicted molar refractivity (Wildman–Crippen MR) is 148 cm³/mol. The fourth-order valence-corrected chi connectivity index (χ4v) is 5.27. The van der Waals surface area contributed by atoms with Gasteiger partial charge < -0.3 is 14.8 Å². The van der Waals surface area contributed by atoms with Gasteiger partial charge in [-0.05, 0) is 92.6 Å². The number of halogens is 1. The van der Waals surface area contributed by atoms with Crippen LogP contribution in [0.15, 0.2) is 79.0 Å². The highest BCUT2D eigenvalue weighted by molar-refractivity contribution is 7.14. The number of rotatable bonds is 8. The zero-order valence-corrected chi connectivity index (χ0v) is 22.4. The van der Waals surface area contributed by atoms with Crippen LogP contribution < -0.4 is 14.8 Å². The summed E-state index contributed by atoms with van der Waals surface area (Å²) < 4.78 is 27.1. The normalized spacial score (nSPS) is 12.8. The highest BCUT2D eigenvalue weighted by atomic mass is 32.1. The monoisotopic (exact) mass is 529 g/mol. The Balaban J connectivity index is 1.44. The second-order valence-electron chi connectivity index (χ2n) is 9.18. The van der Waals surface area contributed by atoms with Crippen molar-refractivity contribution >= 4 is 28.1 Å². The van der Waals surface area contributed by atoms with Gasteiger partial charge in [-0.15, -0.1) is 11.3 Å². The molecule has 0 aliphatic heterocycles. The van der Waals surface area contributed by atoms with Gasteiger partial charge in [-0.1, -0.05) is 12.1 Å². The Morgan fingerprint density at radius 1 is 1.03 bits per heavy atom. The molecule has 0 aliphatic rings. The van der Waals surface area contributed by atoms with E-state index in [-0.39, 0.29) is 17.8 Å². The molecule has 38 heavy (non-hydrogen) atoms. The number of carbonyl (C=O) groups excluding carboxylic acids is 1. The summed E-state index contributed by atoms with van der Waals surface area (Å²) in [5.74, 6) is 0.907. The average molecular weight is 530 g/mol. The third kappa shape index (κ3) is 5.26. The smallest absolute Gasteiger partial charge is 0.261 e. The Kier molecular flexibility index (Phi) is 7.15. The number of aryl methyl sites for hydroxylation is 2. The first kappa shape index (κ1) is 25.5. The molecule has 0 bridgehead atoms. The molecule has 6 nitrogen and oxygen atoms in total. The van der Waals surface area contributed by atoms with Crippen molar-refractivity contribution in [2.24, 2.45) is 0 Å². The van der Waals surface area contributed by atoms with Crippen LogP contribution in [0.2, 0.25) is 0 Å². The van der Waals surface area contributed by atoms with Crippen LogP contribution in [0, 0.1) is 19.7 Å². The molecule has 0 unspecified atom stereocenters. The number of hydrogen-bond acceptors (Lipinski definition) is 5. The molecule has 0 spiro atoms. The van der Waals surface area contributed by atoms with E-state index < -0.39 is 6.10 Å². The lowest BCUT2D eigenvalue weighted by molar-refractivity contribution is 0.0886. The Morgan fingerprint density at radius 3 is 2.53 bits per heavy atom. The van der Waals surface area contributed by atoms with Crippen molar-refractivity contribution in [2.75, 3.05) is 7.11 Å². The molecule has 8 heteroatoms. The van der Waals surface area contributed by atoms with Crippen LogP contribution >= 0.6 is 11.3 Å². The third-order valence-electron chi connectivity index (χ3n) is 6.50. The third-order valence-corrected chi connectivity index (χ3v) is 7.65. The van der Waals surface area contributed by atoms with Crippen molar-refractivity contribution in [3.63, 3.8) is 0 Å². The van der Waals surface area contributed by atoms with E-state index in [1.807, 2.05) is 69.3 Å². The Morgan fingerprint density at radius 2 is 1.82 bits per heavy atom. The van der Waals surface area contributed by atoms with Gasteiger partial charge in [0.1, 0.15) is 23.4 Å². The van der Waals surface area contributed by atoms with Crippen LogP contribution in [0.25, 0.3) is 16.6 Å². The van der Waals surface area contributed by atoms with Gasteiger partial charge >= 0.3 is 0 Å². The lowest BCUT2D eigenvalue weighted by Gasteiger charge is -2.27. The maximum Gasteiger partial charge on any atom is 0.261 e. The summed E-state index contributed by atoms with van der Waals surface area (Å²) in [4.78, 5) is 14.8. The van der Waals surface area contributed by atoms with Crippen LogP contribution in [0.5, 0.6) is 11.5 Å². The summed E-state index contributed by atoms with van der Waals surface area (Å²) in [7, 11) is 1.62. The van der Waals surface area contributed by atoms with Gasteiger partial charge in [0, 0.05) is 10.3 Å². The van der Waals surface area contributed by atoms with Gasteiger partial charge in [-0.3, -0.25) is 4.79 Å². The molecule has 2 heterocycles. The highest BCUT2D eigenvalue weighted by Gasteiger charge is 2.25. The van der Waals surface area contributed by atoms with E-state index in [4.69, 9.17) is 9.47 Å². The largest absolute Gasteiger partial charge is 0.497 e. The number of nitrogens with one attached hydrogen (secondary N) is 1. The molecular formula is C30H28FN3O3S. The molecule has 0 aliphatic carbocycles. The molecule has 5 rings (SSSR count). The van der Waals surface area contributed by atoms with E-state index in [1.165, 1.54) is 23.5 Å². The van der Waals surface area contributed by atoms with Crippen LogP contribution in [-0.4, -0.2) is 28.8 Å². The van der Waals surface area contributed by atoms with Crippen LogP contribution in [0.3, 0.4) is 0 Å². The molecule has 2 aromatic heterocycles. The van der Waals surface area contributed by atoms with Crippen LogP contribution in [0.4, 0.5) is 4.39 Å². The molecule has 194 valence electrons. The molecule has 0 saturated heterocycles. The fourth-order valence-electron chi connectivity index (χ4n) is 4.33. The topological polar surface area (TPSA) is 65.4 Å². The SMILES string of the molecule is COc1cccc([C@@H](Oc2ccc3c(cnn3-c3ccc(F)cc3)c2)[C@H](C)NC(=O)c2cc(C)c(C)s2)c1. The van der Waals surface area contributed by atoms with E-state index in [0.29, 0.717) is 16.4 Å². The number of nitrogens with zero attached hydrogens (tertiary/aromatic N) is 2. The van der Waals surface area contributed by atoms with Crippen molar-refractivity contribution in [1.82, 2.24) is 15.1 Å². The summed E-state index contributed by atoms with van der Waals surface area (Å²) in [6, 6.07) is 21.1.